The molecule has 0 spiro atoms. The molecule has 2 unspecified atom stereocenters. The molecule has 1 aliphatic rings. The van der Waals surface area contributed by atoms with E-state index >= 15 is 0 Å². The van der Waals surface area contributed by atoms with Crippen LogP contribution in [0.15, 0.2) is 22.7 Å². The Morgan fingerprint density at radius 2 is 2.29 bits per heavy atom. The van der Waals surface area contributed by atoms with Crippen LogP contribution >= 0.6 is 27.5 Å². The van der Waals surface area contributed by atoms with E-state index < -0.39 is 0 Å². The van der Waals surface area contributed by atoms with Crippen LogP contribution in [-0.4, -0.2) is 30.6 Å². The van der Waals surface area contributed by atoms with Crippen molar-refractivity contribution in [3.63, 3.8) is 0 Å². The van der Waals surface area contributed by atoms with E-state index in [-0.39, 0.29) is 0 Å². The van der Waals surface area contributed by atoms with E-state index in [2.05, 4.69) is 52.1 Å². The largest absolute Gasteiger partial charge is 0.310 e. The summed E-state index contributed by atoms with van der Waals surface area (Å²) >= 11 is 9.93. The number of rotatable bonds is 7. The smallest absolute Gasteiger partial charge is 0.0465 e. The van der Waals surface area contributed by atoms with Crippen molar-refractivity contribution in [1.82, 2.24) is 10.2 Å². The molecule has 0 saturated carbocycles. The molecule has 0 aliphatic carbocycles. The lowest BCUT2D eigenvalue weighted by Crippen LogP contribution is -2.32. The van der Waals surface area contributed by atoms with Gasteiger partial charge in [0, 0.05) is 28.1 Å². The number of hydrogen-bond donors (Lipinski definition) is 1. The summed E-state index contributed by atoms with van der Waals surface area (Å²) in [5.41, 5.74) is 1.22. The first-order chi connectivity index (χ1) is 10.1. The quantitative estimate of drug-likeness (QED) is 0.722. The molecule has 1 heterocycles. The van der Waals surface area contributed by atoms with Crippen LogP contribution in [0.3, 0.4) is 0 Å². The average Bonchev–Trinajstić information content (AvgIpc) is 2.85. The van der Waals surface area contributed by atoms with Gasteiger partial charge in [-0.05, 0) is 63.4 Å². The molecule has 21 heavy (non-hydrogen) atoms. The van der Waals surface area contributed by atoms with Crippen LogP contribution in [0.2, 0.25) is 5.02 Å². The van der Waals surface area contributed by atoms with Crippen molar-refractivity contribution in [3.05, 3.63) is 33.3 Å². The van der Waals surface area contributed by atoms with Crippen LogP contribution in [0.1, 0.15) is 51.1 Å². The van der Waals surface area contributed by atoms with E-state index in [1.54, 1.807) is 0 Å². The number of benzene rings is 1. The van der Waals surface area contributed by atoms with E-state index in [0.29, 0.717) is 6.04 Å². The number of nitrogens with zero attached hydrogens (tertiary/aromatic N) is 1. The van der Waals surface area contributed by atoms with Gasteiger partial charge in [-0.15, -0.1) is 0 Å². The Labute approximate surface area is 142 Å². The Morgan fingerprint density at radius 1 is 1.48 bits per heavy atom. The Balaban J connectivity index is 2.02. The van der Waals surface area contributed by atoms with Gasteiger partial charge in [-0.1, -0.05) is 40.5 Å². The molecule has 118 valence electrons. The van der Waals surface area contributed by atoms with Crippen LogP contribution in [0.4, 0.5) is 0 Å². The summed E-state index contributed by atoms with van der Waals surface area (Å²) in [6.07, 6.45) is 4.94. The van der Waals surface area contributed by atoms with Crippen molar-refractivity contribution in [1.29, 1.82) is 0 Å². The highest BCUT2D eigenvalue weighted by atomic mass is 79.9. The first-order valence-corrected chi connectivity index (χ1v) is 9.21. The van der Waals surface area contributed by atoms with Gasteiger partial charge in [0.1, 0.15) is 0 Å². The zero-order valence-corrected chi connectivity index (χ0v) is 15.4. The zero-order valence-electron chi connectivity index (χ0n) is 13.0. The second-order valence-electron chi connectivity index (χ2n) is 5.99. The van der Waals surface area contributed by atoms with Gasteiger partial charge in [0.2, 0.25) is 0 Å². The number of hydrogen-bond acceptors (Lipinski definition) is 2. The maximum atomic E-state index is 6.44. The van der Waals surface area contributed by atoms with Crippen LogP contribution in [0, 0.1) is 0 Å². The van der Waals surface area contributed by atoms with Crippen molar-refractivity contribution in [3.8, 4) is 0 Å². The van der Waals surface area contributed by atoms with Gasteiger partial charge in [0.05, 0.1) is 0 Å². The highest BCUT2D eigenvalue weighted by Gasteiger charge is 2.22. The number of likely N-dealkylation sites (tertiary alicyclic amines) is 1. The Morgan fingerprint density at radius 3 is 2.90 bits per heavy atom. The van der Waals surface area contributed by atoms with E-state index in [9.17, 15) is 0 Å². The summed E-state index contributed by atoms with van der Waals surface area (Å²) in [5.74, 6) is 0. The van der Waals surface area contributed by atoms with Gasteiger partial charge in [0.15, 0.2) is 0 Å². The lowest BCUT2D eigenvalue weighted by atomic mass is 10.0. The monoisotopic (exact) mass is 372 g/mol. The zero-order chi connectivity index (χ0) is 15.2. The van der Waals surface area contributed by atoms with E-state index in [1.807, 2.05) is 6.07 Å². The third-order valence-electron chi connectivity index (χ3n) is 4.37. The summed E-state index contributed by atoms with van der Waals surface area (Å²) < 4.78 is 1.04. The summed E-state index contributed by atoms with van der Waals surface area (Å²) in [6.45, 7) is 7.97. The minimum atomic E-state index is 0.346. The summed E-state index contributed by atoms with van der Waals surface area (Å²) in [6, 6.07) is 7.30. The van der Waals surface area contributed by atoms with Gasteiger partial charge in [0.25, 0.3) is 0 Å². The third-order valence-corrected chi connectivity index (χ3v) is 5.19. The molecule has 1 N–H and O–H groups in total. The molecule has 0 bridgehead atoms. The first kappa shape index (κ1) is 17.3. The maximum Gasteiger partial charge on any atom is 0.0465 e. The molecule has 4 heteroatoms. The molecule has 0 aromatic heterocycles. The van der Waals surface area contributed by atoms with Crippen molar-refractivity contribution >= 4 is 27.5 Å². The second kappa shape index (κ2) is 8.52. The summed E-state index contributed by atoms with van der Waals surface area (Å²) in [4.78, 5) is 2.60. The van der Waals surface area contributed by atoms with Gasteiger partial charge in [-0.25, -0.2) is 0 Å². The van der Waals surface area contributed by atoms with Gasteiger partial charge in [-0.3, -0.25) is 0 Å². The molecule has 2 atom stereocenters. The highest BCUT2D eigenvalue weighted by molar-refractivity contribution is 9.10. The van der Waals surface area contributed by atoms with Crippen LogP contribution in [0.5, 0.6) is 0 Å². The Kier molecular flexibility index (Phi) is 7.00. The lowest BCUT2D eigenvalue weighted by Gasteiger charge is -2.26. The summed E-state index contributed by atoms with van der Waals surface area (Å²) in [7, 11) is 0. The fraction of sp³-hybridized carbons (Fsp3) is 0.647. The molecule has 0 radical (unpaired) electrons. The Bertz CT molecular complexity index is 452. The second-order valence-corrected chi connectivity index (χ2v) is 7.31. The molecule has 1 aromatic carbocycles. The average molecular weight is 374 g/mol. The van der Waals surface area contributed by atoms with Crippen molar-refractivity contribution in [2.75, 3.05) is 19.6 Å². The van der Waals surface area contributed by atoms with E-state index in [4.69, 9.17) is 11.6 Å². The molecule has 2 nitrogen and oxygen atoms in total. The predicted molar refractivity (Wildman–Crippen MR) is 95.1 cm³/mol. The molecule has 1 fully saturated rings. The number of nitrogens with one attached hydrogen (secondary N) is 1. The first-order valence-electron chi connectivity index (χ1n) is 8.04. The fourth-order valence-electron chi connectivity index (χ4n) is 3.09. The molecular formula is C17H26BrClN2. The molecule has 1 aromatic rings. The lowest BCUT2D eigenvalue weighted by molar-refractivity contribution is 0.251. The third kappa shape index (κ3) is 4.95. The molecule has 1 saturated heterocycles. The van der Waals surface area contributed by atoms with Crippen molar-refractivity contribution in [2.24, 2.45) is 0 Å². The fourth-order valence-corrected chi connectivity index (χ4v) is 3.90. The van der Waals surface area contributed by atoms with Gasteiger partial charge in [-0.2, -0.15) is 0 Å². The van der Waals surface area contributed by atoms with Gasteiger partial charge < -0.3 is 10.2 Å². The predicted octanol–water partition coefficient (Wildman–Crippen LogP) is 5.02. The molecular weight excluding hydrogens is 348 g/mol. The Hall–Kier alpha value is -0.0900. The molecule has 0 amide bonds. The normalized spacial score (nSPS) is 20.9. The molecule has 1 aliphatic heterocycles. The van der Waals surface area contributed by atoms with E-state index in [1.165, 1.54) is 24.9 Å². The molecule has 2 rings (SSSR count). The standard InChI is InChI=1S/C17H26BrClN2/c1-3-9-20-17(8-11-21-10-4-5-13(21)2)15-7-6-14(18)12-16(15)19/h6-7,12-13,17,20H,3-5,8-11H2,1-2H3. The summed E-state index contributed by atoms with van der Waals surface area (Å²) in [5, 5.41) is 4.51. The van der Waals surface area contributed by atoms with Crippen molar-refractivity contribution in [2.45, 2.75) is 51.6 Å². The topological polar surface area (TPSA) is 15.3 Å². The minimum absolute atomic E-state index is 0.346. The SMILES string of the molecule is CCCNC(CCN1CCCC1C)c1ccc(Br)cc1Cl. The van der Waals surface area contributed by atoms with E-state index in [0.717, 1.165) is 41.5 Å². The highest BCUT2D eigenvalue weighted by Crippen LogP contribution is 2.29. The maximum absolute atomic E-state index is 6.44. The van der Waals surface area contributed by atoms with Crippen LogP contribution in [0.25, 0.3) is 0 Å². The van der Waals surface area contributed by atoms with Gasteiger partial charge >= 0.3 is 0 Å². The van der Waals surface area contributed by atoms with Crippen molar-refractivity contribution < 1.29 is 0 Å². The van der Waals surface area contributed by atoms with Crippen LogP contribution in [-0.2, 0) is 0 Å². The number of halogens is 2. The minimum Gasteiger partial charge on any atom is -0.310 e. The van der Waals surface area contributed by atoms with Crippen LogP contribution < -0.4 is 5.32 Å².